The van der Waals surface area contributed by atoms with Gasteiger partial charge in [-0.15, -0.1) is 0 Å². The molecule has 2 aromatic carbocycles. The van der Waals surface area contributed by atoms with Crippen LogP contribution in [0.2, 0.25) is 0 Å². The third kappa shape index (κ3) is 8.84. The summed E-state index contributed by atoms with van der Waals surface area (Å²) in [6.45, 7) is 6.82. The third-order valence-electron chi connectivity index (χ3n) is 5.99. The number of ether oxygens (including phenoxy) is 1. The summed E-state index contributed by atoms with van der Waals surface area (Å²) >= 11 is 0. The maximum atomic E-state index is 13.0. The van der Waals surface area contributed by atoms with Gasteiger partial charge in [-0.2, -0.15) is 0 Å². The van der Waals surface area contributed by atoms with Gasteiger partial charge in [-0.3, -0.25) is 14.4 Å². The van der Waals surface area contributed by atoms with Gasteiger partial charge in [0.15, 0.2) is 0 Å². The van der Waals surface area contributed by atoms with Gasteiger partial charge in [0.05, 0.1) is 12.6 Å². The molecule has 0 aliphatic rings. The molecule has 1 aromatic heterocycles. The van der Waals surface area contributed by atoms with Crippen molar-refractivity contribution in [2.75, 3.05) is 6.54 Å². The van der Waals surface area contributed by atoms with E-state index >= 15 is 0 Å². The standard InChI is InChI=1S/C29H37N5O6/c1-17(30)26(36)34-23(13-18-9-11-20(12-10-18)40-29(2,3)4)27(37)32-16-25(35)33-24(28(38)39)14-19-15-31-22-8-6-5-7-21(19)22/h5-12,15,17,23-24,31H,13-14,16,30H2,1-4H3,(H,32,37)(H,33,35)(H,34,36)(H,38,39)/t17-,23-,24-/m0/s1. The van der Waals surface area contributed by atoms with Crippen LogP contribution in [0.1, 0.15) is 38.8 Å². The molecule has 0 unspecified atom stereocenters. The van der Waals surface area contributed by atoms with Crippen molar-refractivity contribution in [2.45, 2.75) is 64.3 Å². The Morgan fingerprint density at radius 3 is 2.25 bits per heavy atom. The Kier molecular flexibility index (Phi) is 9.89. The Balaban J connectivity index is 1.62. The molecule has 3 amide bonds. The molecule has 11 heteroatoms. The van der Waals surface area contributed by atoms with Crippen LogP contribution < -0.4 is 26.4 Å². The fourth-order valence-electron chi connectivity index (χ4n) is 4.05. The molecule has 0 aliphatic carbocycles. The molecule has 1 heterocycles. The Hall–Kier alpha value is -4.38. The van der Waals surface area contributed by atoms with Crippen molar-refractivity contribution in [1.29, 1.82) is 0 Å². The topological polar surface area (TPSA) is 176 Å². The first-order valence-corrected chi connectivity index (χ1v) is 13.0. The Morgan fingerprint density at radius 1 is 0.950 bits per heavy atom. The van der Waals surface area contributed by atoms with Crippen molar-refractivity contribution in [1.82, 2.24) is 20.9 Å². The second kappa shape index (κ2) is 13.1. The van der Waals surface area contributed by atoms with Crippen molar-refractivity contribution < 1.29 is 29.0 Å². The molecule has 0 bridgehead atoms. The highest BCUT2D eigenvalue weighted by atomic mass is 16.5. The highest BCUT2D eigenvalue weighted by molar-refractivity contribution is 5.93. The summed E-state index contributed by atoms with van der Waals surface area (Å²) < 4.78 is 5.82. The van der Waals surface area contributed by atoms with E-state index in [0.717, 1.165) is 22.0 Å². The van der Waals surface area contributed by atoms with Crippen LogP contribution in [0.4, 0.5) is 0 Å². The summed E-state index contributed by atoms with van der Waals surface area (Å²) in [5.41, 5.74) is 7.65. The summed E-state index contributed by atoms with van der Waals surface area (Å²) in [7, 11) is 0. The molecular formula is C29H37N5O6. The maximum Gasteiger partial charge on any atom is 0.326 e. The molecule has 214 valence electrons. The van der Waals surface area contributed by atoms with Crippen LogP contribution in [0.5, 0.6) is 5.75 Å². The molecule has 3 atom stereocenters. The molecule has 3 aromatic rings. The number of carboxylic acid groups (broad SMARTS) is 1. The molecule has 11 nitrogen and oxygen atoms in total. The smallest absolute Gasteiger partial charge is 0.326 e. The van der Waals surface area contributed by atoms with Crippen molar-refractivity contribution in [3.63, 3.8) is 0 Å². The van der Waals surface area contributed by atoms with Gasteiger partial charge in [0.1, 0.15) is 23.4 Å². The van der Waals surface area contributed by atoms with E-state index in [2.05, 4.69) is 20.9 Å². The Morgan fingerprint density at radius 2 is 1.62 bits per heavy atom. The predicted octanol–water partition coefficient (Wildman–Crippen LogP) is 1.65. The number of benzene rings is 2. The molecule has 0 radical (unpaired) electrons. The van der Waals surface area contributed by atoms with E-state index in [1.54, 1.807) is 30.5 Å². The number of fused-ring (bicyclic) bond motifs is 1. The number of nitrogens with two attached hydrogens (primary N) is 1. The number of carbonyl (C=O) groups is 4. The van der Waals surface area contributed by atoms with E-state index in [-0.39, 0.29) is 18.4 Å². The van der Waals surface area contributed by atoms with Gasteiger partial charge >= 0.3 is 5.97 Å². The van der Waals surface area contributed by atoms with E-state index in [1.165, 1.54) is 6.92 Å². The Bertz CT molecular complexity index is 1340. The number of aromatic amines is 1. The van der Waals surface area contributed by atoms with Gasteiger partial charge in [0.25, 0.3) is 0 Å². The normalized spacial score (nSPS) is 13.6. The van der Waals surface area contributed by atoms with Gasteiger partial charge in [-0.05, 0) is 57.0 Å². The molecule has 40 heavy (non-hydrogen) atoms. The number of aromatic nitrogens is 1. The molecular weight excluding hydrogens is 514 g/mol. The number of nitrogens with one attached hydrogen (secondary N) is 4. The lowest BCUT2D eigenvalue weighted by Crippen LogP contribution is -2.54. The Labute approximate surface area is 232 Å². The van der Waals surface area contributed by atoms with Crippen LogP contribution in [0, 0.1) is 0 Å². The average molecular weight is 552 g/mol. The highest BCUT2D eigenvalue weighted by Crippen LogP contribution is 2.20. The SMILES string of the molecule is C[C@H](N)C(=O)N[C@@H](Cc1ccc(OC(C)(C)C)cc1)C(=O)NCC(=O)N[C@@H](Cc1c[nH]c2ccccc12)C(=O)O. The third-order valence-corrected chi connectivity index (χ3v) is 5.99. The summed E-state index contributed by atoms with van der Waals surface area (Å²) in [4.78, 5) is 52.8. The molecule has 0 saturated heterocycles. The number of aliphatic carboxylic acids is 1. The van der Waals surface area contributed by atoms with Crippen LogP contribution in [-0.2, 0) is 32.0 Å². The highest BCUT2D eigenvalue weighted by Gasteiger charge is 2.25. The van der Waals surface area contributed by atoms with E-state index in [1.807, 2.05) is 45.0 Å². The minimum Gasteiger partial charge on any atom is -0.488 e. The van der Waals surface area contributed by atoms with Crippen molar-refractivity contribution in [3.8, 4) is 5.75 Å². The number of carboxylic acids is 1. The van der Waals surface area contributed by atoms with Crippen molar-refractivity contribution >= 4 is 34.6 Å². The van der Waals surface area contributed by atoms with Crippen LogP contribution in [-0.4, -0.2) is 64.1 Å². The number of para-hydroxylation sites is 1. The zero-order valence-electron chi connectivity index (χ0n) is 23.1. The lowest BCUT2D eigenvalue weighted by molar-refractivity contribution is -0.141. The van der Waals surface area contributed by atoms with Crippen molar-refractivity contribution in [3.05, 3.63) is 65.9 Å². The lowest BCUT2D eigenvalue weighted by Gasteiger charge is -2.22. The zero-order chi connectivity index (χ0) is 29.4. The lowest BCUT2D eigenvalue weighted by atomic mass is 10.0. The second-order valence-corrected chi connectivity index (χ2v) is 10.7. The summed E-state index contributed by atoms with van der Waals surface area (Å²) in [6, 6.07) is 11.5. The van der Waals surface area contributed by atoms with E-state index in [9.17, 15) is 24.3 Å². The summed E-state index contributed by atoms with van der Waals surface area (Å²) in [6.07, 6.45) is 1.91. The maximum absolute atomic E-state index is 13.0. The van der Waals surface area contributed by atoms with Gasteiger partial charge in [-0.1, -0.05) is 30.3 Å². The van der Waals surface area contributed by atoms with Crippen LogP contribution in [0.3, 0.4) is 0 Å². The first kappa shape index (κ1) is 30.2. The average Bonchev–Trinajstić information content (AvgIpc) is 3.29. The van der Waals surface area contributed by atoms with Gasteiger partial charge in [0, 0.05) is 29.9 Å². The first-order chi connectivity index (χ1) is 18.8. The number of H-pyrrole nitrogens is 1. The molecule has 7 N–H and O–H groups in total. The number of hydrogen-bond donors (Lipinski definition) is 6. The predicted molar refractivity (Wildman–Crippen MR) is 151 cm³/mol. The quantitative estimate of drug-likeness (QED) is 0.198. The molecule has 0 spiro atoms. The van der Waals surface area contributed by atoms with E-state index in [4.69, 9.17) is 10.5 Å². The van der Waals surface area contributed by atoms with E-state index in [0.29, 0.717) is 5.75 Å². The molecule has 0 aliphatic heterocycles. The number of carbonyl (C=O) groups excluding carboxylic acids is 3. The van der Waals surface area contributed by atoms with E-state index < -0.39 is 48.4 Å². The number of amides is 3. The summed E-state index contributed by atoms with van der Waals surface area (Å²) in [5.74, 6) is -2.36. The fourth-order valence-corrected chi connectivity index (χ4v) is 4.05. The largest absolute Gasteiger partial charge is 0.488 e. The monoisotopic (exact) mass is 551 g/mol. The second-order valence-electron chi connectivity index (χ2n) is 10.7. The van der Waals surface area contributed by atoms with Gasteiger partial charge < -0.3 is 36.5 Å². The zero-order valence-corrected chi connectivity index (χ0v) is 23.1. The number of hydrogen-bond acceptors (Lipinski definition) is 6. The minimum atomic E-state index is -1.20. The van der Waals surface area contributed by atoms with Crippen LogP contribution in [0.15, 0.2) is 54.7 Å². The fraction of sp³-hybridized carbons (Fsp3) is 0.379. The van der Waals surface area contributed by atoms with Gasteiger partial charge in [0.2, 0.25) is 17.7 Å². The molecule has 0 saturated carbocycles. The number of rotatable bonds is 12. The van der Waals surface area contributed by atoms with Crippen LogP contribution >= 0.6 is 0 Å². The molecule has 3 rings (SSSR count). The van der Waals surface area contributed by atoms with Gasteiger partial charge in [-0.25, -0.2) is 4.79 Å². The molecule has 0 fully saturated rings. The van der Waals surface area contributed by atoms with Crippen molar-refractivity contribution in [2.24, 2.45) is 5.73 Å². The first-order valence-electron chi connectivity index (χ1n) is 13.0. The summed E-state index contributed by atoms with van der Waals surface area (Å²) in [5, 5.41) is 18.1. The minimum absolute atomic E-state index is 0.0566. The van der Waals surface area contributed by atoms with Crippen LogP contribution in [0.25, 0.3) is 10.9 Å².